The molecule has 1 aromatic heterocycles. The van der Waals surface area contributed by atoms with Gasteiger partial charge in [0.05, 0.1) is 17.6 Å². The van der Waals surface area contributed by atoms with E-state index in [0.29, 0.717) is 53.1 Å². The lowest BCUT2D eigenvalue weighted by atomic mass is 9.43. The van der Waals surface area contributed by atoms with E-state index in [-0.39, 0.29) is 34.1 Å². The van der Waals surface area contributed by atoms with Crippen molar-refractivity contribution in [1.82, 2.24) is 9.97 Å². The first-order valence-electron chi connectivity index (χ1n) is 14.7. The topological polar surface area (TPSA) is 86.2 Å². The van der Waals surface area contributed by atoms with Crippen LogP contribution in [-0.2, 0) is 6.42 Å². The zero-order valence-corrected chi connectivity index (χ0v) is 22.5. The smallest absolute Gasteiger partial charge is 0.258 e. The molecule has 1 heterocycles. The Balaban J connectivity index is 1.19. The Hall–Kier alpha value is -1.79. The maximum atomic E-state index is 14.3. The molecule has 6 heteroatoms. The molecule has 4 aliphatic rings. The number of hydrogen-bond donors (Lipinski definition) is 3. The van der Waals surface area contributed by atoms with Gasteiger partial charge in [-0.1, -0.05) is 26.8 Å². The van der Waals surface area contributed by atoms with Crippen molar-refractivity contribution in [2.45, 2.75) is 97.2 Å². The molecule has 2 aromatic rings. The number of aryl methyl sites for hydroxylation is 1. The number of para-hydroxylation sites is 1. The number of halogens is 1. The zero-order chi connectivity index (χ0) is 26.1. The lowest BCUT2D eigenvalue weighted by Gasteiger charge is -2.62. The molecule has 3 N–H and O–H groups in total. The first-order valence-corrected chi connectivity index (χ1v) is 14.7. The van der Waals surface area contributed by atoms with Gasteiger partial charge in [0, 0.05) is 6.42 Å². The molecule has 0 amide bonds. The Bertz CT molecular complexity index is 1230. The number of aromatic nitrogens is 2. The van der Waals surface area contributed by atoms with Crippen LogP contribution in [0.15, 0.2) is 23.0 Å². The Kier molecular flexibility index (Phi) is 6.30. The van der Waals surface area contributed by atoms with Gasteiger partial charge in [0.25, 0.3) is 5.56 Å². The predicted molar refractivity (Wildman–Crippen MR) is 142 cm³/mol. The van der Waals surface area contributed by atoms with E-state index >= 15 is 0 Å². The molecule has 37 heavy (non-hydrogen) atoms. The van der Waals surface area contributed by atoms with Crippen LogP contribution in [0.25, 0.3) is 10.9 Å². The van der Waals surface area contributed by atoms with Crippen molar-refractivity contribution >= 4 is 10.9 Å². The third kappa shape index (κ3) is 4.00. The number of aliphatic hydroxyl groups excluding tert-OH is 2. The molecule has 4 fully saturated rings. The maximum absolute atomic E-state index is 14.3. The van der Waals surface area contributed by atoms with Crippen LogP contribution in [0, 0.1) is 52.2 Å². The Morgan fingerprint density at radius 2 is 1.84 bits per heavy atom. The quantitative estimate of drug-likeness (QED) is 0.498. The summed E-state index contributed by atoms with van der Waals surface area (Å²) in [7, 11) is 0. The fraction of sp³-hybridized carbons (Fsp3) is 0.742. The molecule has 4 saturated carbocycles. The van der Waals surface area contributed by atoms with Gasteiger partial charge < -0.3 is 15.2 Å². The van der Waals surface area contributed by atoms with E-state index in [1.807, 2.05) is 0 Å². The highest BCUT2D eigenvalue weighted by atomic mass is 19.1. The van der Waals surface area contributed by atoms with Crippen LogP contribution in [0.4, 0.5) is 4.39 Å². The molecular formula is C31H43FN2O3. The summed E-state index contributed by atoms with van der Waals surface area (Å²) in [6.45, 7) is 7.28. The normalized spacial score (nSPS) is 42.2. The third-order valence-corrected chi connectivity index (χ3v) is 12.0. The second kappa shape index (κ2) is 9.15. The van der Waals surface area contributed by atoms with Crippen LogP contribution in [0.2, 0.25) is 0 Å². The Morgan fingerprint density at radius 3 is 2.65 bits per heavy atom. The van der Waals surface area contributed by atoms with Crippen molar-refractivity contribution in [2.24, 2.45) is 46.3 Å². The highest BCUT2D eigenvalue weighted by Gasteiger charge is 2.62. The number of H-pyrrole nitrogens is 1. The van der Waals surface area contributed by atoms with Gasteiger partial charge in [-0.3, -0.25) is 4.79 Å². The van der Waals surface area contributed by atoms with Gasteiger partial charge in [0.15, 0.2) is 0 Å². The van der Waals surface area contributed by atoms with Gasteiger partial charge in [-0.05, 0) is 116 Å². The lowest BCUT2D eigenvalue weighted by molar-refractivity contribution is -0.174. The van der Waals surface area contributed by atoms with E-state index in [1.54, 1.807) is 12.1 Å². The first-order chi connectivity index (χ1) is 17.6. The minimum atomic E-state index is -0.449. The first kappa shape index (κ1) is 25.5. The molecular weight excluding hydrogens is 467 g/mol. The number of fused-ring (bicyclic) bond motifs is 6. The molecule has 202 valence electrons. The highest BCUT2D eigenvalue weighted by Crippen LogP contribution is 2.68. The average Bonchev–Trinajstić information content (AvgIpc) is 3.21. The monoisotopic (exact) mass is 510 g/mol. The summed E-state index contributed by atoms with van der Waals surface area (Å²) in [5.41, 5.74) is 0.354. The number of aliphatic hydroxyl groups is 2. The molecule has 0 aliphatic heterocycles. The summed E-state index contributed by atoms with van der Waals surface area (Å²) < 4.78 is 14.3. The van der Waals surface area contributed by atoms with E-state index in [9.17, 15) is 19.4 Å². The lowest BCUT2D eigenvalue weighted by Crippen LogP contribution is -2.58. The molecule has 10 atom stereocenters. The van der Waals surface area contributed by atoms with Gasteiger partial charge >= 0.3 is 0 Å². The minimum absolute atomic E-state index is 0.161. The summed E-state index contributed by atoms with van der Waals surface area (Å²) in [6, 6.07) is 4.52. The summed E-state index contributed by atoms with van der Waals surface area (Å²) in [5, 5.41) is 22.1. The van der Waals surface area contributed by atoms with Crippen molar-refractivity contribution in [3.8, 4) is 0 Å². The van der Waals surface area contributed by atoms with Crippen LogP contribution in [0.1, 0.15) is 84.4 Å². The molecule has 1 aromatic carbocycles. The second-order valence-electron chi connectivity index (χ2n) is 13.6. The third-order valence-electron chi connectivity index (χ3n) is 12.0. The van der Waals surface area contributed by atoms with E-state index in [4.69, 9.17) is 0 Å². The Morgan fingerprint density at radius 1 is 1.08 bits per heavy atom. The van der Waals surface area contributed by atoms with E-state index in [1.165, 1.54) is 31.7 Å². The molecule has 4 aliphatic carbocycles. The van der Waals surface area contributed by atoms with Crippen molar-refractivity contribution in [2.75, 3.05) is 0 Å². The number of benzene rings is 1. The van der Waals surface area contributed by atoms with E-state index in [0.717, 1.165) is 32.1 Å². The number of aromatic amines is 1. The summed E-state index contributed by atoms with van der Waals surface area (Å²) in [4.78, 5) is 19.8. The van der Waals surface area contributed by atoms with Crippen LogP contribution in [-0.4, -0.2) is 32.4 Å². The number of rotatable bonds is 4. The predicted octanol–water partition coefficient (Wildman–Crippen LogP) is 5.62. The Labute approximate surface area is 219 Å². The molecule has 0 spiro atoms. The SMILES string of the molecule is C[C@H](CCc1nc2c(F)cccc2c(=O)[nH]1)[C@H]1CC[C@H]2[C@H]3C(CC[C@]12C)[C@@]1(C)CC[C@@H](O)C[C@H]1C[C@@H]3O. The molecule has 6 rings (SSSR count). The van der Waals surface area contributed by atoms with Gasteiger partial charge in [0.1, 0.15) is 17.2 Å². The van der Waals surface area contributed by atoms with E-state index < -0.39 is 5.82 Å². The van der Waals surface area contributed by atoms with Gasteiger partial charge in [-0.25, -0.2) is 9.37 Å². The van der Waals surface area contributed by atoms with Gasteiger partial charge in [0.2, 0.25) is 0 Å². The fourth-order valence-corrected chi connectivity index (χ4v) is 10.0. The van der Waals surface area contributed by atoms with Crippen molar-refractivity contribution in [3.05, 3.63) is 40.2 Å². The molecule has 0 bridgehead atoms. The molecule has 5 nitrogen and oxygen atoms in total. The number of nitrogens with one attached hydrogen (secondary N) is 1. The highest BCUT2D eigenvalue weighted by molar-refractivity contribution is 5.77. The van der Waals surface area contributed by atoms with Crippen molar-refractivity contribution in [3.63, 3.8) is 0 Å². The van der Waals surface area contributed by atoms with Gasteiger partial charge in [-0.2, -0.15) is 0 Å². The minimum Gasteiger partial charge on any atom is -0.393 e. The van der Waals surface area contributed by atoms with Gasteiger partial charge in [-0.15, -0.1) is 0 Å². The van der Waals surface area contributed by atoms with Crippen LogP contribution >= 0.6 is 0 Å². The average molecular weight is 511 g/mol. The molecule has 0 saturated heterocycles. The summed E-state index contributed by atoms with van der Waals surface area (Å²) in [5.74, 6) is 3.07. The zero-order valence-electron chi connectivity index (χ0n) is 22.5. The summed E-state index contributed by atoms with van der Waals surface area (Å²) >= 11 is 0. The number of hydrogen-bond acceptors (Lipinski definition) is 4. The fourth-order valence-electron chi connectivity index (χ4n) is 10.0. The van der Waals surface area contributed by atoms with Crippen LogP contribution < -0.4 is 5.56 Å². The van der Waals surface area contributed by atoms with E-state index in [2.05, 4.69) is 30.7 Å². The largest absolute Gasteiger partial charge is 0.393 e. The number of nitrogens with zero attached hydrogens (tertiary/aromatic N) is 1. The molecule has 1 unspecified atom stereocenters. The van der Waals surface area contributed by atoms with Crippen molar-refractivity contribution in [1.29, 1.82) is 0 Å². The van der Waals surface area contributed by atoms with Crippen LogP contribution in [0.3, 0.4) is 0 Å². The molecule has 0 radical (unpaired) electrons. The van der Waals surface area contributed by atoms with Crippen molar-refractivity contribution < 1.29 is 14.6 Å². The maximum Gasteiger partial charge on any atom is 0.258 e. The summed E-state index contributed by atoms with van der Waals surface area (Å²) in [6.07, 6.45) is 9.55. The standard InChI is InChI=1S/C31H43FN2O3/c1-17(7-10-26-33-28-20(29(37)34-26)5-4-6-24(28)32)21-8-9-22-27-23(12-14-31(21,22)3)30(2)13-11-19(35)15-18(30)16-25(27)36/h4-6,17-19,21-23,25,27,35-36H,7-16H2,1-3H3,(H,33,34,37)/t17-,18+,19-,21-,22+,23?,25+,27+,30+,31-/m1/s1. The second-order valence-corrected chi connectivity index (χ2v) is 13.6. The van der Waals surface area contributed by atoms with Crippen LogP contribution in [0.5, 0.6) is 0 Å².